The molecule has 7 aromatic heterocycles. The van der Waals surface area contributed by atoms with Gasteiger partial charge in [-0.25, -0.2) is 71.8 Å². The standard InChI is InChI=1S/C16H15N5O6.C14H15N3O6.C12H13N3O5/c22-14(19-5-1-2-6-19)25-9-13(27-16(24)21-8-4-18-12-21)10-26-15(23)20-7-3-17-11-20;1-11(18)23-12(8-21-13(19)16-5-2-3-6-16)9-22-14(20)17-7-4-15-10-17;16-10(7-19-11(17)14-4-1-2-5-14)8-20-12(18)15-6-3-13-9-15/h1-8,11-13H,9-10H2;2-7,10,12H,8-9H2,1H3;1-6,9-10,16H,7-8H2. The summed E-state index contributed by atoms with van der Waals surface area (Å²) in [7, 11) is 0. The molecule has 0 aliphatic carbocycles. The molecule has 1 N–H and O–H groups in total. The minimum Gasteiger partial charge on any atom is -0.455 e. The fourth-order valence-electron chi connectivity index (χ4n) is 4.99. The molecule has 0 aliphatic heterocycles. The summed E-state index contributed by atoms with van der Waals surface area (Å²) in [5, 5.41) is 9.55. The number of carbonyl (C=O) groups excluding carboxylic acids is 8. The van der Waals surface area contributed by atoms with E-state index < -0.39 is 66.9 Å². The number of imidazole rings is 4. The van der Waals surface area contributed by atoms with Crippen LogP contribution in [-0.4, -0.2) is 164 Å². The van der Waals surface area contributed by atoms with Crippen LogP contribution in [0.5, 0.6) is 0 Å². The summed E-state index contributed by atoms with van der Waals surface area (Å²) in [5.74, 6) is -0.578. The Kier molecular flexibility index (Phi) is 19.9. The van der Waals surface area contributed by atoms with Gasteiger partial charge in [0.25, 0.3) is 0 Å². The Labute approximate surface area is 394 Å². The van der Waals surface area contributed by atoms with Crippen molar-refractivity contribution in [2.75, 3.05) is 39.6 Å². The van der Waals surface area contributed by atoms with Crippen molar-refractivity contribution in [3.05, 3.63) is 148 Å². The lowest BCUT2D eigenvalue weighted by atomic mass is 10.4. The Hall–Kier alpha value is -9.60. The molecular weight excluding hydrogens is 931 g/mol. The molecule has 7 heterocycles. The Bertz CT molecular complexity index is 2500. The summed E-state index contributed by atoms with van der Waals surface area (Å²) in [6.45, 7) is -0.475. The van der Waals surface area contributed by atoms with E-state index >= 15 is 0 Å². The SMILES string of the molecule is CC(=O)OC(COC(=O)n1cccc1)COC(=O)n1ccnc1.O=C(OCC(COC(=O)n1ccnc1)OC(=O)n1ccnc1)n1cccc1.O=C(OCC(O)COC(=O)n1ccnc1)n1cccc1. The highest BCUT2D eigenvalue weighted by Crippen LogP contribution is 2.05. The molecule has 0 bridgehead atoms. The van der Waals surface area contributed by atoms with E-state index in [4.69, 9.17) is 37.9 Å². The van der Waals surface area contributed by atoms with Crippen LogP contribution in [0.3, 0.4) is 0 Å². The number of carbonyl (C=O) groups is 8. The highest BCUT2D eigenvalue weighted by atomic mass is 16.6. The number of nitrogens with zero attached hydrogens (tertiary/aromatic N) is 11. The van der Waals surface area contributed by atoms with Crippen molar-refractivity contribution in [1.82, 2.24) is 51.9 Å². The van der Waals surface area contributed by atoms with Crippen LogP contribution in [0.1, 0.15) is 6.92 Å². The zero-order valence-corrected chi connectivity index (χ0v) is 36.7. The minimum absolute atomic E-state index is 0.242. The summed E-state index contributed by atoms with van der Waals surface area (Å²) in [5.41, 5.74) is 0. The molecule has 0 saturated carbocycles. The lowest BCUT2D eigenvalue weighted by Gasteiger charge is -2.18. The molecular formula is C42H43N11O17. The van der Waals surface area contributed by atoms with Gasteiger partial charge in [-0.2, -0.15) is 0 Å². The number of esters is 1. The Morgan fingerprint density at radius 2 is 0.629 bits per heavy atom. The summed E-state index contributed by atoms with van der Waals surface area (Å²) >= 11 is 0. The maximum Gasteiger partial charge on any atom is 0.419 e. The van der Waals surface area contributed by atoms with Crippen LogP contribution in [0.4, 0.5) is 33.6 Å². The van der Waals surface area contributed by atoms with Gasteiger partial charge in [-0.05, 0) is 36.4 Å². The molecule has 70 heavy (non-hydrogen) atoms. The van der Waals surface area contributed by atoms with Crippen LogP contribution in [-0.2, 0) is 42.7 Å². The average Bonchev–Trinajstić information content (AvgIpc) is 4.22. The van der Waals surface area contributed by atoms with E-state index in [2.05, 4.69) is 19.9 Å². The third kappa shape index (κ3) is 17.3. The van der Waals surface area contributed by atoms with Crippen molar-refractivity contribution in [3.8, 4) is 0 Å². The smallest absolute Gasteiger partial charge is 0.419 e. The molecule has 0 spiro atoms. The predicted molar refractivity (Wildman–Crippen MR) is 230 cm³/mol. The van der Waals surface area contributed by atoms with Gasteiger partial charge in [-0.15, -0.1) is 0 Å². The van der Waals surface area contributed by atoms with Gasteiger partial charge in [0.15, 0.2) is 12.2 Å². The van der Waals surface area contributed by atoms with E-state index in [1.165, 1.54) is 133 Å². The van der Waals surface area contributed by atoms with E-state index in [1.807, 2.05) is 0 Å². The first kappa shape index (κ1) is 51.4. The monoisotopic (exact) mass is 973 g/mol. The molecule has 0 aliphatic rings. The number of hydrogen-bond acceptors (Lipinski definition) is 21. The second-order valence-corrected chi connectivity index (χ2v) is 13.5. The zero-order chi connectivity index (χ0) is 50.1. The van der Waals surface area contributed by atoms with Gasteiger partial charge < -0.3 is 43.0 Å². The summed E-state index contributed by atoms with van der Waals surface area (Å²) in [6, 6.07) is 9.99. The van der Waals surface area contributed by atoms with Gasteiger partial charge in [0.05, 0.1) is 0 Å². The molecule has 368 valence electrons. The number of aliphatic hydroxyl groups excluding tert-OH is 1. The quantitative estimate of drug-likeness (QED) is 0.120. The molecule has 7 rings (SSSR count). The highest BCUT2D eigenvalue weighted by molar-refractivity contribution is 5.73. The number of hydrogen-bond donors (Lipinski definition) is 1. The molecule has 0 amide bonds. The Balaban J connectivity index is 0.000000198. The van der Waals surface area contributed by atoms with Crippen LogP contribution < -0.4 is 0 Å². The Morgan fingerprint density at radius 3 is 0.900 bits per heavy atom. The first-order chi connectivity index (χ1) is 33.9. The van der Waals surface area contributed by atoms with Crippen molar-refractivity contribution < 1.29 is 81.4 Å². The number of ether oxygens (including phenoxy) is 8. The molecule has 7 aromatic rings. The second-order valence-electron chi connectivity index (χ2n) is 13.5. The molecule has 0 radical (unpaired) electrons. The van der Waals surface area contributed by atoms with E-state index in [0.29, 0.717) is 0 Å². The first-order valence-electron chi connectivity index (χ1n) is 20.3. The van der Waals surface area contributed by atoms with Gasteiger partial charge >= 0.3 is 48.6 Å². The van der Waals surface area contributed by atoms with Gasteiger partial charge in [0.2, 0.25) is 0 Å². The molecule has 3 unspecified atom stereocenters. The Morgan fingerprint density at radius 1 is 0.371 bits per heavy atom. The predicted octanol–water partition coefficient (Wildman–Crippen LogP) is 3.61. The molecule has 0 saturated heterocycles. The highest BCUT2D eigenvalue weighted by Gasteiger charge is 2.22. The minimum atomic E-state index is -1.10. The van der Waals surface area contributed by atoms with Crippen molar-refractivity contribution in [3.63, 3.8) is 0 Å². The third-order valence-electron chi connectivity index (χ3n) is 8.28. The second kappa shape index (κ2) is 27.1. The summed E-state index contributed by atoms with van der Waals surface area (Å²) < 4.78 is 48.1. The van der Waals surface area contributed by atoms with Crippen LogP contribution in [0.25, 0.3) is 0 Å². The number of aromatic nitrogens is 11. The average molecular weight is 974 g/mol. The summed E-state index contributed by atoms with van der Waals surface area (Å²) in [6.07, 6.45) is 17.7. The van der Waals surface area contributed by atoms with Crippen molar-refractivity contribution >= 4 is 48.6 Å². The lowest BCUT2D eigenvalue weighted by Crippen LogP contribution is -2.33. The van der Waals surface area contributed by atoms with Gasteiger partial charge in [0.1, 0.15) is 71.1 Å². The van der Waals surface area contributed by atoms with Crippen LogP contribution in [0.15, 0.2) is 148 Å². The van der Waals surface area contributed by atoms with E-state index in [0.717, 1.165) is 18.3 Å². The summed E-state index contributed by atoms with van der Waals surface area (Å²) in [4.78, 5) is 108. The third-order valence-corrected chi connectivity index (χ3v) is 8.28. The molecule has 28 heteroatoms. The largest absolute Gasteiger partial charge is 0.455 e. The molecule has 0 aromatic carbocycles. The fraction of sp³-hybridized carbons (Fsp3) is 0.238. The maximum atomic E-state index is 12.1. The van der Waals surface area contributed by atoms with Crippen molar-refractivity contribution in [2.24, 2.45) is 0 Å². The van der Waals surface area contributed by atoms with Crippen LogP contribution >= 0.6 is 0 Å². The van der Waals surface area contributed by atoms with Gasteiger partial charge in [0, 0.05) is 93.7 Å². The van der Waals surface area contributed by atoms with Crippen molar-refractivity contribution in [2.45, 2.75) is 25.2 Å². The first-order valence-corrected chi connectivity index (χ1v) is 20.3. The van der Waals surface area contributed by atoms with E-state index in [1.54, 1.807) is 36.4 Å². The number of aliphatic hydroxyl groups is 1. The van der Waals surface area contributed by atoms with Crippen LogP contribution in [0, 0.1) is 0 Å². The molecule has 0 fully saturated rings. The van der Waals surface area contributed by atoms with Crippen molar-refractivity contribution in [1.29, 1.82) is 0 Å². The molecule has 28 nitrogen and oxygen atoms in total. The van der Waals surface area contributed by atoms with E-state index in [-0.39, 0.29) is 39.6 Å². The zero-order valence-electron chi connectivity index (χ0n) is 36.7. The van der Waals surface area contributed by atoms with Gasteiger partial charge in [-0.3, -0.25) is 18.5 Å². The molecule has 3 atom stereocenters. The van der Waals surface area contributed by atoms with Gasteiger partial charge in [-0.1, -0.05) is 0 Å². The lowest BCUT2D eigenvalue weighted by molar-refractivity contribution is -0.150. The fourth-order valence-corrected chi connectivity index (χ4v) is 4.99. The maximum absolute atomic E-state index is 12.1. The normalized spacial score (nSPS) is 11.6. The van der Waals surface area contributed by atoms with E-state index in [9.17, 15) is 43.5 Å². The van der Waals surface area contributed by atoms with Crippen LogP contribution in [0.2, 0.25) is 0 Å². The topological polar surface area (TPSA) is 317 Å². The number of rotatable bonds is 14.